The Morgan fingerprint density at radius 1 is 1.29 bits per heavy atom. The third-order valence-electron chi connectivity index (χ3n) is 3.81. The fourth-order valence-electron chi connectivity index (χ4n) is 2.75. The Morgan fingerprint density at radius 3 is 2.65 bits per heavy atom. The van der Waals surface area contributed by atoms with E-state index in [1.54, 1.807) is 6.07 Å². The molecule has 0 aromatic heterocycles. The third-order valence-corrected chi connectivity index (χ3v) is 4.81. The van der Waals surface area contributed by atoms with Crippen LogP contribution in [0.2, 0.25) is 0 Å². The summed E-state index contributed by atoms with van der Waals surface area (Å²) >= 11 is 3.71. The lowest BCUT2D eigenvalue weighted by Crippen LogP contribution is -2.19. The number of halogens is 3. The molecule has 1 saturated carbocycles. The molecule has 1 fully saturated rings. The van der Waals surface area contributed by atoms with E-state index in [-0.39, 0.29) is 0 Å². The number of hydrogen-bond donors (Lipinski definition) is 0. The van der Waals surface area contributed by atoms with Gasteiger partial charge >= 0.3 is 0 Å². The molecule has 94 valence electrons. The van der Waals surface area contributed by atoms with E-state index in [0.717, 1.165) is 17.9 Å². The number of rotatable bonds is 3. The van der Waals surface area contributed by atoms with Crippen molar-refractivity contribution in [1.82, 2.24) is 0 Å². The first-order valence-corrected chi connectivity index (χ1v) is 7.07. The molecular weight excluding hydrogens is 286 g/mol. The van der Waals surface area contributed by atoms with Crippen LogP contribution >= 0.6 is 15.9 Å². The van der Waals surface area contributed by atoms with Crippen molar-refractivity contribution >= 4 is 15.9 Å². The monoisotopic (exact) mass is 302 g/mol. The molecule has 1 aromatic rings. The highest BCUT2D eigenvalue weighted by atomic mass is 79.9. The van der Waals surface area contributed by atoms with Crippen LogP contribution in [-0.2, 0) is 6.42 Å². The third kappa shape index (κ3) is 3.06. The van der Waals surface area contributed by atoms with Crippen LogP contribution < -0.4 is 0 Å². The van der Waals surface area contributed by atoms with Crippen LogP contribution in [0.4, 0.5) is 8.78 Å². The number of hydrogen-bond acceptors (Lipinski definition) is 0. The summed E-state index contributed by atoms with van der Waals surface area (Å²) in [5, 5.41) is 0. The van der Waals surface area contributed by atoms with E-state index in [1.165, 1.54) is 31.4 Å². The van der Waals surface area contributed by atoms with Gasteiger partial charge in [0.25, 0.3) is 0 Å². The van der Waals surface area contributed by atoms with Crippen LogP contribution in [0.1, 0.15) is 31.7 Å². The molecular formula is C14H17BrF2. The summed E-state index contributed by atoms with van der Waals surface area (Å²) in [6.45, 7) is 2.27. The Morgan fingerprint density at radius 2 is 2.06 bits per heavy atom. The molecule has 1 aliphatic carbocycles. The maximum absolute atomic E-state index is 13.1. The first kappa shape index (κ1) is 13.0. The molecule has 1 aliphatic rings. The molecule has 0 radical (unpaired) electrons. The minimum absolute atomic E-state index is 0.366. The quantitative estimate of drug-likeness (QED) is 0.710. The van der Waals surface area contributed by atoms with Gasteiger partial charge in [-0.3, -0.25) is 0 Å². The predicted octanol–water partition coefficient (Wildman–Crippen LogP) is 4.71. The molecule has 0 bridgehead atoms. The van der Waals surface area contributed by atoms with Gasteiger partial charge in [0, 0.05) is 4.83 Å². The highest BCUT2D eigenvalue weighted by Crippen LogP contribution is 2.37. The van der Waals surface area contributed by atoms with Crippen molar-refractivity contribution in [2.75, 3.05) is 0 Å². The van der Waals surface area contributed by atoms with Crippen molar-refractivity contribution in [3.05, 3.63) is 35.4 Å². The zero-order valence-corrected chi connectivity index (χ0v) is 11.5. The fraction of sp³-hybridized carbons (Fsp3) is 0.571. The minimum Gasteiger partial charge on any atom is -0.204 e. The first-order valence-electron chi connectivity index (χ1n) is 6.16. The smallest absolute Gasteiger partial charge is 0.159 e. The van der Waals surface area contributed by atoms with Gasteiger partial charge in [-0.15, -0.1) is 0 Å². The van der Waals surface area contributed by atoms with E-state index in [9.17, 15) is 8.78 Å². The molecule has 0 saturated heterocycles. The lowest BCUT2D eigenvalue weighted by Gasteiger charge is -2.21. The van der Waals surface area contributed by atoms with Gasteiger partial charge in [0.2, 0.25) is 0 Å². The molecule has 3 atom stereocenters. The summed E-state index contributed by atoms with van der Waals surface area (Å²) in [6.07, 6.45) is 4.57. The molecule has 0 spiro atoms. The largest absolute Gasteiger partial charge is 0.204 e. The number of benzene rings is 1. The standard InChI is InChI=1S/C14H17BrF2/c1-9-3-2-4-11(9)12(15)7-10-5-6-13(16)14(17)8-10/h5-6,8-9,11-12H,2-4,7H2,1H3. The molecule has 0 heterocycles. The van der Waals surface area contributed by atoms with Crippen LogP contribution in [0.25, 0.3) is 0 Å². The Kier molecular flexibility index (Phi) is 4.18. The average Bonchev–Trinajstić information content (AvgIpc) is 2.70. The van der Waals surface area contributed by atoms with E-state index in [0.29, 0.717) is 10.7 Å². The lowest BCUT2D eigenvalue weighted by atomic mass is 9.91. The van der Waals surface area contributed by atoms with Crippen molar-refractivity contribution in [1.29, 1.82) is 0 Å². The fourth-order valence-corrected chi connectivity index (χ4v) is 3.91. The van der Waals surface area contributed by atoms with Gasteiger partial charge in [-0.05, 0) is 42.4 Å². The summed E-state index contributed by atoms with van der Waals surface area (Å²) in [7, 11) is 0. The number of alkyl halides is 1. The Labute approximate surface area is 110 Å². The van der Waals surface area contributed by atoms with Crippen molar-refractivity contribution in [2.45, 2.75) is 37.4 Å². The average molecular weight is 303 g/mol. The van der Waals surface area contributed by atoms with E-state index in [2.05, 4.69) is 22.9 Å². The second-order valence-corrected chi connectivity index (χ2v) is 6.22. The highest BCUT2D eigenvalue weighted by Gasteiger charge is 2.29. The Hall–Kier alpha value is -0.440. The highest BCUT2D eigenvalue weighted by molar-refractivity contribution is 9.09. The van der Waals surface area contributed by atoms with Crippen LogP contribution in [-0.4, -0.2) is 4.83 Å². The summed E-state index contributed by atoms with van der Waals surface area (Å²) in [6, 6.07) is 4.19. The molecule has 2 rings (SSSR count). The topological polar surface area (TPSA) is 0 Å². The van der Waals surface area contributed by atoms with Crippen molar-refractivity contribution in [3.63, 3.8) is 0 Å². The molecule has 0 N–H and O–H groups in total. The van der Waals surface area contributed by atoms with Gasteiger partial charge in [0.1, 0.15) is 0 Å². The second-order valence-electron chi connectivity index (χ2n) is 5.04. The zero-order valence-electron chi connectivity index (χ0n) is 9.93. The zero-order chi connectivity index (χ0) is 12.4. The molecule has 0 amide bonds. The van der Waals surface area contributed by atoms with Crippen LogP contribution in [0, 0.1) is 23.5 Å². The molecule has 0 aliphatic heterocycles. The van der Waals surface area contributed by atoms with Crippen molar-refractivity contribution in [3.8, 4) is 0 Å². The van der Waals surface area contributed by atoms with Crippen molar-refractivity contribution < 1.29 is 8.78 Å². The van der Waals surface area contributed by atoms with Gasteiger partial charge in [0.05, 0.1) is 0 Å². The first-order chi connectivity index (χ1) is 8.08. The van der Waals surface area contributed by atoms with Crippen molar-refractivity contribution in [2.24, 2.45) is 11.8 Å². The maximum Gasteiger partial charge on any atom is 0.159 e. The van der Waals surface area contributed by atoms with E-state index in [1.807, 2.05) is 0 Å². The Bertz CT molecular complexity index is 392. The Balaban J connectivity index is 2.02. The van der Waals surface area contributed by atoms with Crippen LogP contribution in [0.5, 0.6) is 0 Å². The summed E-state index contributed by atoms with van der Waals surface area (Å²) in [5.41, 5.74) is 0.866. The molecule has 0 nitrogen and oxygen atoms in total. The summed E-state index contributed by atoms with van der Waals surface area (Å²) in [4.78, 5) is 0.366. The molecule has 1 aromatic carbocycles. The van der Waals surface area contributed by atoms with Gasteiger partial charge in [0.15, 0.2) is 11.6 Å². The maximum atomic E-state index is 13.1. The minimum atomic E-state index is -0.769. The summed E-state index contributed by atoms with van der Waals surface area (Å²) in [5.74, 6) is -0.136. The van der Waals surface area contributed by atoms with Gasteiger partial charge in [-0.25, -0.2) is 8.78 Å². The molecule has 17 heavy (non-hydrogen) atoms. The normalized spacial score (nSPS) is 26.1. The molecule has 3 heteroatoms. The lowest BCUT2D eigenvalue weighted by molar-refractivity contribution is 0.406. The van der Waals surface area contributed by atoms with Gasteiger partial charge in [-0.1, -0.05) is 41.8 Å². The molecule has 3 unspecified atom stereocenters. The van der Waals surface area contributed by atoms with Gasteiger partial charge < -0.3 is 0 Å². The van der Waals surface area contributed by atoms with Crippen LogP contribution in [0.3, 0.4) is 0 Å². The van der Waals surface area contributed by atoms with Gasteiger partial charge in [-0.2, -0.15) is 0 Å². The SMILES string of the molecule is CC1CCCC1C(Br)Cc1ccc(F)c(F)c1. The van der Waals surface area contributed by atoms with E-state index >= 15 is 0 Å². The second kappa shape index (κ2) is 5.47. The van der Waals surface area contributed by atoms with Crippen LogP contribution in [0.15, 0.2) is 18.2 Å². The van der Waals surface area contributed by atoms with E-state index in [4.69, 9.17) is 0 Å². The van der Waals surface area contributed by atoms with E-state index < -0.39 is 11.6 Å². The summed E-state index contributed by atoms with van der Waals surface area (Å²) < 4.78 is 25.9. The predicted molar refractivity (Wildman–Crippen MR) is 69.3 cm³/mol.